The van der Waals surface area contributed by atoms with Crippen LogP contribution in [0.1, 0.15) is 12.0 Å². The van der Waals surface area contributed by atoms with Crippen LogP contribution in [0.5, 0.6) is 11.5 Å². The van der Waals surface area contributed by atoms with Gasteiger partial charge in [-0.15, -0.1) is 0 Å². The highest BCUT2D eigenvalue weighted by molar-refractivity contribution is 5.38. The van der Waals surface area contributed by atoms with Crippen molar-refractivity contribution in [1.82, 2.24) is 0 Å². The number of benzene rings is 1. The molecule has 0 fully saturated rings. The summed E-state index contributed by atoms with van der Waals surface area (Å²) in [6.07, 6.45) is 0.832. The summed E-state index contributed by atoms with van der Waals surface area (Å²) in [7, 11) is 3.29. The molecule has 1 aromatic rings. The lowest BCUT2D eigenvalue weighted by molar-refractivity contribution is 0.0644. The number of rotatable bonds is 10. The Balaban J connectivity index is 2.28. The molecule has 0 aliphatic heterocycles. The van der Waals surface area contributed by atoms with Gasteiger partial charge in [0.05, 0.1) is 26.9 Å². The van der Waals surface area contributed by atoms with Crippen LogP contribution in [0, 0.1) is 0 Å². The normalized spacial score (nSPS) is 10.5. The number of nitrogens with two attached hydrogens (primary N) is 1. The summed E-state index contributed by atoms with van der Waals surface area (Å²) in [6, 6.07) is 5.68. The molecule has 0 aromatic heterocycles. The van der Waals surface area contributed by atoms with Gasteiger partial charge in [-0.3, -0.25) is 0 Å². The molecule has 0 amide bonds. The standard InChI is InChI=1S/C14H23NO4/c1-16-6-7-18-4-3-5-19-14-9-12(11-15)8-13(10-14)17-2/h8-10H,3-7,11,15H2,1-2H3. The van der Waals surface area contributed by atoms with Crippen LogP contribution in [0.3, 0.4) is 0 Å². The third-order valence-corrected chi connectivity index (χ3v) is 2.54. The zero-order chi connectivity index (χ0) is 13.9. The monoisotopic (exact) mass is 269 g/mol. The SMILES string of the molecule is COCCOCCCOc1cc(CN)cc(OC)c1. The van der Waals surface area contributed by atoms with Crippen LogP contribution in [0.2, 0.25) is 0 Å². The molecule has 0 aliphatic rings. The Morgan fingerprint density at radius 3 is 2.42 bits per heavy atom. The Labute approximate surface area is 114 Å². The minimum atomic E-state index is 0.466. The summed E-state index contributed by atoms with van der Waals surface area (Å²) in [4.78, 5) is 0. The van der Waals surface area contributed by atoms with Gasteiger partial charge < -0.3 is 24.7 Å². The number of hydrogen-bond acceptors (Lipinski definition) is 5. The van der Waals surface area contributed by atoms with E-state index in [9.17, 15) is 0 Å². The van der Waals surface area contributed by atoms with Crippen LogP contribution < -0.4 is 15.2 Å². The molecule has 19 heavy (non-hydrogen) atoms. The fourth-order valence-corrected chi connectivity index (χ4v) is 1.55. The van der Waals surface area contributed by atoms with Gasteiger partial charge in [-0.25, -0.2) is 0 Å². The maximum atomic E-state index is 5.65. The predicted octanol–water partition coefficient (Wildman–Crippen LogP) is 1.59. The molecule has 0 unspecified atom stereocenters. The molecule has 0 saturated heterocycles. The highest BCUT2D eigenvalue weighted by atomic mass is 16.5. The first-order chi connectivity index (χ1) is 9.30. The first-order valence-electron chi connectivity index (χ1n) is 6.37. The first kappa shape index (κ1) is 15.8. The molecule has 5 heteroatoms. The van der Waals surface area contributed by atoms with E-state index in [0.717, 1.165) is 23.5 Å². The van der Waals surface area contributed by atoms with Gasteiger partial charge in [0, 0.05) is 32.7 Å². The first-order valence-corrected chi connectivity index (χ1v) is 6.37. The highest BCUT2D eigenvalue weighted by Crippen LogP contribution is 2.22. The molecule has 5 nitrogen and oxygen atoms in total. The highest BCUT2D eigenvalue weighted by Gasteiger charge is 2.01. The van der Waals surface area contributed by atoms with Gasteiger partial charge in [0.25, 0.3) is 0 Å². The van der Waals surface area contributed by atoms with Crippen LogP contribution in [0.25, 0.3) is 0 Å². The molecule has 1 rings (SSSR count). The topological polar surface area (TPSA) is 62.9 Å². The summed E-state index contributed by atoms with van der Waals surface area (Å²) < 4.78 is 21.1. The van der Waals surface area contributed by atoms with Crippen molar-refractivity contribution in [3.8, 4) is 11.5 Å². The summed E-state index contributed by atoms with van der Waals surface area (Å²) in [6.45, 7) is 2.97. The average molecular weight is 269 g/mol. The van der Waals surface area contributed by atoms with Crippen LogP contribution in [-0.4, -0.2) is 40.6 Å². The second-order valence-corrected chi connectivity index (χ2v) is 4.03. The van der Waals surface area contributed by atoms with E-state index in [-0.39, 0.29) is 0 Å². The van der Waals surface area contributed by atoms with E-state index in [1.807, 2.05) is 18.2 Å². The zero-order valence-corrected chi connectivity index (χ0v) is 11.7. The van der Waals surface area contributed by atoms with Crippen LogP contribution >= 0.6 is 0 Å². The largest absolute Gasteiger partial charge is 0.497 e. The van der Waals surface area contributed by atoms with Gasteiger partial charge in [-0.05, 0) is 17.7 Å². The molecule has 0 spiro atoms. The Hall–Kier alpha value is -1.30. The zero-order valence-electron chi connectivity index (χ0n) is 11.7. The Kier molecular flexibility index (Phi) is 7.97. The molecule has 0 aliphatic carbocycles. The number of hydrogen-bond donors (Lipinski definition) is 1. The lowest BCUT2D eigenvalue weighted by Gasteiger charge is -2.10. The molecule has 0 saturated carbocycles. The molecule has 2 N–H and O–H groups in total. The minimum Gasteiger partial charge on any atom is -0.497 e. The summed E-state index contributed by atoms with van der Waals surface area (Å²) in [5.74, 6) is 1.53. The van der Waals surface area contributed by atoms with Crippen molar-refractivity contribution in [3.05, 3.63) is 23.8 Å². The summed E-state index contributed by atoms with van der Waals surface area (Å²) in [5, 5.41) is 0. The molecule has 108 valence electrons. The maximum Gasteiger partial charge on any atom is 0.123 e. The summed E-state index contributed by atoms with van der Waals surface area (Å²) >= 11 is 0. The second-order valence-electron chi connectivity index (χ2n) is 4.03. The molecule has 0 radical (unpaired) electrons. The van der Waals surface area contributed by atoms with Gasteiger partial charge in [0.1, 0.15) is 11.5 Å². The van der Waals surface area contributed by atoms with Crippen molar-refractivity contribution in [3.63, 3.8) is 0 Å². The van der Waals surface area contributed by atoms with E-state index >= 15 is 0 Å². The molecule has 0 heterocycles. The van der Waals surface area contributed by atoms with E-state index in [0.29, 0.717) is 33.0 Å². The van der Waals surface area contributed by atoms with Crippen LogP contribution in [0.15, 0.2) is 18.2 Å². The van der Waals surface area contributed by atoms with Gasteiger partial charge in [-0.2, -0.15) is 0 Å². The van der Waals surface area contributed by atoms with Gasteiger partial charge in [-0.1, -0.05) is 0 Å². The van der Waals surface area contributed by atoms with Gasteiger partial charge in [0.15, 0.2) is 0 Å². The van der Waals surface area contributed by atoms with Crippen LogP contribution in [0.4, 0.5) is 0 Å². The van der Waals surface area contributed by atoms with E-state index in [1.54, 1.807) is 14.2 Å². The average Bonchev–Trinajstić information content (AvgIpc) is 2.45. The molecule has 0 atom stereocenters. The Morgan fingerprint density at radius 2 is 1.74 bits per heavy atom. The second kappa shape index (κ2) is 9.61. The third-order valence-electron chi connectivity index (χ3n) is 2.54. The van der Waals surface area contributed by atoms with E-state index in [1.165, 1.54) is 0 Å². The Morgan fingerprint density at radius 1 is 0.947 bits per heavy atom. The molecule has 1 aromatic carbocycles. The number of ether oxygens (including phenoxy) is 4. The van der Waals surface area contributed by atoms with Crippen LogP contribution in [-0.2, 0) is 16.0 Å². The van der Waals surface area contributed by atoms with Gasteiger partial charge in [0.2, 0.25) is 0 Å². The van der Waals surface area contributed by atoms with Crippen molar-refractivity contribution in [2.75, 3.05) is 40.6 Å². The fourth-order valence-electron chi connectivity index (χ4n) is 1.55. The maximum absolute atomic E-state index is 5.65. The van der Waals surface area contributed by atoms with Crippen molar-refractivity contribution in [2.24, 2.45) is 5.73 Å². The van der Waals surface area contributed by atoms with Crippen molar-refractivity contribution in [2.45, 2.75) is 13.0 Å². The van der Waals surface area contributed by atoms with Crippen molar-refractivity contribution >= 4 is 0 Å². The van der Waals surface area contributed by atoms with Crippen molar-refractivity contribution in [1.29, 1.82) is 0 Å². The number of methoxy groups -OCH3 is 2. The van der Waals surface area contributed by atoms with E-state index in [2.05, 4.69) is 0 Å². The van der Waals surface area contributed by atoms with Crippen molar-refractivity contribution < 1.29 is 18.9 Å². The lowest BCUT2D eigenvalue weighted by Crippen LogP contribution is -2.07. The van der Waals surface area contributed by atoms with E-state index in [4.69, 9.17) is 24.7 Å². The minimum absolute atomic E-state index is 0.466. The fraction of sp³-hybridized carbons (Fsp3) is 0.571. The summed E-state index contributed by atoms with van der Waals surface area (Å²) in [5.41, 5.74) is 6.61. The van der Waals surface area contributed by atoms with E-state index < -0.39 is 0 Å². The Bertz CT molecular complexity index is 335. The van der Waals surface area contributed by atoms with Gasteiger partial charge >= 0.3 is 0 Å². The smallest absolute Gasteiger partial charge is 0.123 e. The quantitative estimate of drug-likeness (QED) is 0.653. The lowest BCUT2D eigenvalue weighted by atomic mass is 10.2. The molecule has 0 bridgehead atoms. The third kappa shape index (κ3) is 6.42. The predicted molar refractivity (Wildman–Crippen MR) is 73.7 cm³/mol. The molecular formula is C14H23NO4. The molecular weight excluding hydrogens is 246 g/mol.